The lowest BCUT2D eigenvalue weighted by Crippen LogP contribution is -2.30. The van der Waals surface area contributed by atoms with Gasteiger partial charge in [0.2, 0.25) is 0 Å². The quantitative estimate of drug-likeness (QED) is 0.646. The maximum atomic E-state index is 5.90. The van der Waals surface area contributed by atoms with E-state index >= 15 is 0 Å². The zero-order valence-electron chi connectivity index (χ0n) is 12.2. The summed E-state index contributed by atoms with van der Waals surface area (Å²) in [5.74, 6) is 2.53. The fraction of sp³-hybridized carbons (Fsp3) is 1.00. The Morgan fingerprint density at radius 3 is 2.61 bits per heavy atom. The molecule has 0 aliphatic heterocycles. The first kappa shape index (κ1) is 15.9. The molecule has 108 valence electrons. The van der Waals surface area contributed by atoms with Crippen LogP contribution in [0.1, 0.15) is 45.4 Å². The summed E-state index contributed by atoms with van der Waals surface area (Å²) in [5, 5.41) is 0. The van der Waals surface area contributed by atoms with Crippen LogP contribution in [0, 0.1) is 17.8 Å². The third-order valence-corrected chi connectivity index (χ3v) is 4.42. The Morgan fingerprint density at radius 2 is 1.94 bits per heavy atom. The van der Waals surface area contributed by atoms with Gasteiger partial charge in [-0.05, 0) is 50.0 Å². The second-order valence-electron chi connectivity index (χ2n) is 5.59. The molecule has 0 bridgehead atoms. The van der Waals surface area contributed by atoms with Crippen molar-refractivity contribution in [1.29, 1.82) is 0 Å². The first-order chi connectivity index (χ1) is 8.81. The van der Waals surface area contributed by atoms with Crippen molar-refractivity contribution in [2.24, 2.45) is 23.5 Å². The molecule has 1 fully saturated rings. The maximum absolute atomic E-state index is 5.90. The fourth-order valence-electron chi connectivity index (χ4n) is 3.15. The van der Waals surface area contributed by atoms with Gasteiger partial charge in [0.25, 0.3) is 0 Å². The summed E-state index contributed by atoms with van der Waals surface area (Å²) in [4.78, 5) is 0. The molecule has 1 rings (SSSR count). The summed E-state index contributed by atoms with van der Waals surface area (Å²) in [6.07, 6.45) is 7.89. The van der Waals surface area contributed by atoms with Crippen LogP contribution in [0.15, 0.2) is 0 Å². The van der Waals surface area contributed by atoms with Gasteiger partial charge in [0, 0.05) is 13.7 Å². The molecule has 3 atom stereocenters. The van der Waals surface area contributed by atoms with Gasteiger partial charge in [-0.1, -0.05) is 19.8 Å². The standard InChI is InChI=1S/C15H31NO2/c1-3-13-6-7-15(12-16)14(11-13)5-4-8-18-10-9-17-2/h13-15H,3-12,16H2,1-2H3. The maximum Gasteiger partial charge on any atom is 0.0700 e. The molecular formula is C15H31NO2. The van der Waals surface area contributed by atoms with Crippen LogP contribution in [0.4, 0.5) is 0 Å². The van der Waals surface area contributed by atoms with E-state index in [1.807, 2.05) is 0 Å². The van der Waals surface area contributed by atoms with Crippen LogP contribution in [0.3, 0.4) is 0 Å². The second kappa shape index (κ2) is 9.76. The Morgan fingerprint density at radius 1 is 1.11 bits per heavy atom. The highest BCUT2D eigenvalue weighted by atomic mass is 16.5. The van der Waals surface area contributed by atoms with E-state index < -0.39 is 0 Å². The summed E-state index contributed by atoms with van der Waals surface area (Å²) in [5.41, 5.74) is 5.90. The van der Waals surface area contributed by atoms with Crippen molar-refractivity contribution in [3.8, 4) is 0 Å². The molecular weight excluding hydrogens is 226 g/mol. The molecule has 1 aliphatic rings. The van der Waals surface area contributed by atoms with Crippen molar-refractivity contribution in [2.45, 2.75) is 45.4 Å². The summed E-state index contributed by atoms with van der Waals surface area (Å²) in [6.45, 7) is 5.48. The Hall–Kier alpha value is -0.120. The van der Waals surface area contributed by atoms with E-state index in [2.05, 4.69) is 6.92 Å². The highest BCUT2D eigenvalue weighted by molar-refractivity contribution is 4.80. The van der Waals surface area contributed by atoms with E-state index in [0.29, 0.717) is 6.61 Å². The average Bonchev–Trinajstić information content (AvgIpc) is 2.42. The van der Waals surface area contributed by atoms with Crippen molar-refractivity contribution in [2.75, 3.05) is 33.5 Å². The lowest BCUT2D eigenvalue weighted by atomic mass is 9.71. The molecule has 0 amide bonds. The number of hydrogen-bond acceptors (Lipinski definition) is 3. The molecule has 0 heterocycles. The molecule has 0 aromatic carbocycles. The molecule has 0 saturated heterocycles. The molecule has 2 N–H and O–H groups in total. The normalized spacial score (nSPS) is 28.5. The summed E-state index contributed by atoms with van der Waals surface area (Å²) in [6, 6.07) is 0. The smallest absolute Gasteiger partial charge is 0.0700 e. The number of rotatable bonds is 9. The summed E-state index contributed by atoms with van der Waals surface area (Å²) >= 11 is 0. The van der Waals surface area contributed by atoms with Crippen molar-refractivity contribution in [1.82, 2.24) is 0 Å². The predicted molar refractivity (Wildman–Crippen MR) is 75.6 cm³/mol. The van der Waals surface area contributed by atoms with Crippen LogP contribution in [-0.2, 0) is 9.47 Å². The Kier molecular flexibility index (Phi) is 8.64. The largest absolute Gasteiger partial charge is 0.382 e. The summed E-state index contributed by atoms with van der Waals surface area (Å²) < 4.78 is 10.5. The molecule has 18 heavy (non-hydrogen) atoms. The van der Waals surface area contributed by atoms with Crippen molar-refractivity contribution >= 4 is 0 Å². The van der Waals surface area contributed by atoms with E-state index in [1.54, 1.807) is 7.11 Å². The van der Waals surface area contributed by atoms with Gasteiger partial charge in [-0.2, -0.15) is 0 Å². The van der Waals surface area contributed by atoms with E-state index in [-0.39, 0.29) is 0 Å². The monoisotopic (exact) mass is 257 g/mol. The van der Waals surface area contributed by atoms with Crippen LogP contribution in [-0.4, -0.2) is 33.5 Å². The van der Waals surface area contributed by atoms with Crippen molar-refractivity contribution in [3.05, 3.63) is 0 Å². The Bertz CT molecular complexity index is 199. The third-order valence-electron chi connectivity index (χ3n) is 4.42. The molecule has 1 saturated carbocycles. The number of nitrogens with two attached hydrogens (primary N) is 1. The van der Waals surface area contributed by atoms with Crippen LogP contribution in [0.2, 0.25) is 0 Å². The van der Waals surface area contributed by atoms with Gasteiger partial charge in [-0.3, -0.25) is 0 Å². The van der Waals surface area contributed by atoms with E-state index in [9.17, 15) is 0 Å². The van der Waals surface area contributed by atoms with Gasteiger partial charge in [-0.15, -0.1) is 0 Å². The molecule has 0 spiro atoms. The summed E-state index contributed by atoms with van der Waals surface area (Å²) in [7, 11) is 1.71. The number of hydrogen-bond donors (Lipinski definition) is 1. The van der Waals surface area contributed by atoms with Crippen molar-refractivity contribution < 1.29 is 9.47 Å². The highest BCUT2D eigenvalue weighted by Crippen LogP contribution is 2.37. The number of methoxy groups -OCH3 is 1. The van der Waals surface area contributed by atoms with Gasteiger partial charge < -0.3 is 15.2 Å². The predicted octanol–water partition coefficient (Wildman–Crippen LogP) is 2.83. The molecule has 3 unspecified atom stereocenters. The second-order valence-corrected chi connectivity index (χ2v) is 5.59. The average molecular weight is 257 g/mol. The highest BCUT2D eigenvalue weighted by Gasteiger charge is 2.28. The van der Waals surface area contributed by atoms with Gasteiger partial charge >= 0.3 is 0 Å². The molecule has 0 radical (unpaired) electrons. The molecule has 0 aromatic heterocycles. The fourth-order valence-corrected chi connectivity index (χ4v) is 3.15. The minimum absolute atomic E-state index is 0.701. The zero-order chi connectivity index (χ0) is 13.2. The van der Waals surface area contributed by atoms with E-state index in [1.165, 1.54) is 38.5 Å². The lowest BCUT2D eigenvalue weighted by Gasteiger charge is -2.35. The first-order valence-corrected chi connectivity index (χ1v) is 7.58. The van der Waals surface area contributed by atoms with Gasteiger partial charge in [0.05, 0.1) is 13.2 Å². The first-order valence-electron chi connectivity index (χ1n) is 7.58. The molecule has 0 aromatic rings. The van der Waals surface area contributed by atoms with Crippen LogP contribution >= 0.6 is 0 Å². The van der Waals surface area contributed by atoms with Crippen LogP contribution in [0.5, 0.6) is 0 Å². The minimum Gasteiger partial charge on any atom is -0.382 e. The van der Waals surface area contributed by atoms with Gasteiger partial charge in [0.15, 0.2) is 0 Å². The third kappa shape index (κ3) is 5.68. The number of ether oxygens (including phenoxy) is 2. The molecule has 1 aliphatic carbocycles. The zero-order valence-corrected chi connectivity index (χ0v) is 12.2. The molecule has 3 nitrogen and oxygen atoms in total. The van der Waals surface area contributed by atoms with Crippen LogP contribution < -0.4 is 5.73 Å². The lowest BCUT2D eigenvalue weighted by molar-refractivity contribution is 0.0631. The molecule has 3 heteroatoms. The van der Waals surface area contributed by atoms with E-state index in [4.69, 9.17) is 15.2 Å². The van der Waals surface area contributed by atoms with Gasteiger partial charge in [-0.25, -0.2) is 0 Å². The van der Waals surface area contributed by atoms with Crippen molar-refractivity contribution in [3.63, 3.8) is 0 Å². The van der Waals surface area contributed by atoms with E-state index in [0.717, 1.165) is 37.5 Å². The minimum atomic E-state index is 0.701. The topological polar surface area (TPSA) is 44.5 Å². The SMILES string of the molecule is CCC1CCC(CN)C(CCCOCCOC)C1. The van der Waals surface area contributed by atoms with Crippen LogP contribution in [0.25, 0.3) is 0 Å². The van der Waals surface area contributed by atoms with Gasteiger partial charge in [0.1, 0.15) is 0 Å². The Labute approximate surface area is 112 Å². The Balaban J connectivity index is 2.16.